The van der Waals surface area contributed by atoms with Crippen LogP contribution in [-0.4, -0.2) is 22.0 Å². The molecule has 98 valence electrons. The van der Waals surface area contributed by atoms with E-state index in [1.54, 1.807) is 12.4 Å². The van der Waals surface area contributed by atoms with E-state index in [0.717, 1.165) is 29.2 Å². The van der Waals surface area contributed by atoms with Crippen LogP contribution >= 0.6 is 12.2 Å². The first-order valence-electron chi connectivity index (χ1n) is 5.95. The van der Waals surface area contributed by atoms with Crippen LogP contribution in [0.5, 0.6) is 0 Å². The quantitative estimate of drug-likeness (QED) is 0.863. The molecule has 2 rings (SSSR count). The predicted molar refractivity (Wildman–Crippen MR) is 81.2 cm³/mol. The molecule has 0 unspecified atom stereocenters. The lowest BCUT2D eigenvalue weighted by Gasteiger charge is -2.21. The van der Waals surface area contributed by atoms with E-state index >= 15 is 0 Å². The molecule has 4 nitrogen and oxygen atoms in total. The van der Waals surface area contributed by atoms with Gasteiger partial charge in [-0.1, -0.05) is 12.2 Å². The summed E-state index contributed by atoms with van der Waals surface area (Å²) in [5, 5.41) is 0. The maximum Gasteiger partial charge on any atom is 0.139 e. The molecule has 5 heteroatoms. The van der Waals surface area contributed by atoms with Gasteiger partial charge in [-0.15, -0.1) is 0 Å². The minimum Gasteiger partial charge on any atom is -0.389 e. The standard InChI is InChI=1S/C14H16N4S/c1-10-3-4-12(13(15)19)14(17-10)18(2)9-11-5-7-16-8-6-11/h3-8H,9H2,1-2H3,(H2,15,19). The van der Waals surface area contributed by atoms with Crippen molar-refractivity contribution >= 4 is 23.0 Å². The van der Waals surface area contributed by atoms with Gasteiger partial charge in [0.05, 0.1) is 5.56 Å². The van der Waals surface area contributed by atoms with Crippen molar-refractivity contribution in [2.75, 3.05) is 11.9 Å². The smallest absolute Gasteiger partial charge is 0.139 e. The molecule has 0 amide bonds. The van der Waals surface area contributed by atoms with E-state index in [2.05, 4.69) is 9.97 Å². The fraction of sp³-hybridized carbons (Fsp3) is 0.214. The Hall–Kier alpha value is -2.01. The van der Waals surface area contributed by atoms with Gasteiger partial charge >= 0.3 is 0 Å². The number of aromatic nitrogens is 2. The number of rotatable bonds is 4. The first-order valence-corrected chi connectivity index (χ1v) is 6.36. The molecule has 2 N–H and O–H groups in total. The van der Waals surface area contributed by atoms with Crippen molar-refractivity contribution in [2.24, 2.45) is 5.73 Å². The molecule has 0 aliphatic rings. The molecule has 0 bridgehead atoms. The molecule has 0 atom stereocenters. The molecular weight excluding hydrogens is 256 g/mol. The lowest BCUT2D eigenvalue weighted by atomic mass is 10.2. The second kappa shape index (κ2) is 5.75. The number of pyridine rings is 2. The Bertz CT molecular complexity index is 583. The predicted octanol–water partition coefficient (Wildman–Crippen LogP) is 2.06. The first kappa shape index (κ1) is 13.4. The Morgan fingerprint density at radius 2 is 1.95 bits per heavy atom. The molecule has 2 aromatic heterocycles. The average molecular weight is 272 g/mol. The minimum atomic E-state index is 0.365. The lowest BCUT2D eigenvalue weighted by molar-refractivity contribution is 0.888. The molecule has 0 spiro atoms. The van der Waals surface area contributed by atoms with Gasteiger partial charge in [-0.25, -0.2) is 4.98 Å². The Balaban J connectivity index is 2.30. The summed E-state index contributed by atoms with van der Waals surface area (Å²) in [6.45, 7) is 2.68. The second-order valence-corrected chi connectivity index (χ2v) is 4.84. The van der Waals surface area contributed by atoms with Gasteiger partial charge in [-0.3, -0.25) is 4.98 Å². The van der Waals surface area contributed by atoms with Crippen LogP contribution in [0.4, 0.5) is 5.82 Å². The molecule has 0 aromatic carbocycles. The van der Waals surface area contributed by atoms with Crippen LogP contribution in [0, 0.1) is 6.92 Å². The number of nitrogens with zero attached hydrogens (tertiary/aromatic N) is 3. The summed E-state index contributed by atoms with van der Waals surface area (Å²) in [6, 6.07) is 7.79. The van der Waals surface area contributed by atoms with Crippen LogP contribution in [0.2, 0.25) is 0 Å². The van der Waals surface area contributed by atoms with Gasteiger partial charge in [0.1, 0.15) is 10.8 Å². The lowest BCUT2D eigenvalue weighted by Crippen LogP contribution is -2.23. The van der Waals surface area contributed by atoms with Crippen LogP contribution in [0.15, 0.2) is 36.7 Å². The fourth-order valence-electron chi connectivity index (χ4n) is 1.86. The van der Waals surface area contributed by atoms with E-state index in [1.165, 1.54) is 0 Å². The SMILES string of the molecule is Cc1ccc(C(N)=S)c(N(C)Cc2ccncc2)n1. The summed E-state index contributed by atoms with van der Waals surface area (Å²) < 4.78 is 0. The number of hydrogen-bond acceptors (Lipinski definition) is 4. The van der Waals surface area contributed by atoms with Gasteiger partial charge in [0.2, 0.25) is 0 Å². The molecule has 19 heavy (non-hydrogen) atoms. The van der Waals surface area contributed by atoms with Crippen LogP contribution < -0.4 is 10.6 Å². The molecule has 0 aliphatic carbocycles. The van der Waals surface area contributed by atoms with Gasteiger partial charge in [0.15, 0.2) is 0 Å². The van der Waals surface area contributed by atoms with Crippen LogP contribution in [0.1, 0.15) is 16.8 Å². The third kappa shape index (κ3) is 3.26. The Kier molecular flexibility index (Phi) is 4.06. The van der Waals surface area contributed by atoms with Crippen LogP contribution in [0.3, 0.4) is 0 Å². The number of anilines is 1. The maximum atomic E-state index is 5.75. The summed E-state index contributed by atoms with van der Waals surface area (Å²) in [5.41, 5.74) is 8.66. The van der Waals surface area contributed by atoms with Gasteiger partial charge < -0.3 is 10.6 Å². The van der Waals surface area contributed by atoms with Crippen molar-refractivity contribution in [2.45, 2.75) is 13.5 Å². The highest BCUT2D eigenvalue weighted by Crippen LogP contribution is 2.19. The molecule has 0 aliphatic heterocycles. The topological polar surface area (TPSA) is 55.0 Å². The molecule has 0 fully saturated rings. The van der Waals surface area contributed by atoms with Gasteiger partial charge in [-0.2, -0.15) is 0 Å². The van der Waals surface area contributed by atoms with Crippen molar-refractivity contribution in [1.29, 1.82) is 0 Å². The number of hydrogen-bond donors (Lipinski definition) is 1. The normalized spacial score (nSPS) is 10.2. The highest BCUT2D eigenvalue weighted by molar-refractivity contribution is 7.80. The van der Waals surface area contributed by atoms with Crippen molar-refractivity contribution < 1.29 is 0 Å². The molecule has 0 saturated carbocycles. The monoisotopic (exact) mass is 272 g/mol. The average Bonchev–Trinajstić information content (AvgIpc) is 2.39. The molecular formula is C14H16N4S. The summed E-state index contributed by atoms with van der Waals surface area (Å²) in [5.74, 6) is 0.810. The minimum absolute atomic E-state index is 0.365. The highest BCUT2D eigenvalue weighted by Gasteiger charge is 2.12. The van der Waals surface area contributed by atoms with Gasteiger partial charge in [0.25, 0.3) is 0 Å². The highest BCUT2D eigenvalue weighted by atomic mass is 32.1. The van der Waals surface area contributed by atoms with Crippen molar-refractivity contribution in [3.05, 3.63) is 53.5 Å². The first-order chi connectivity index (χ1) is 9.08. The summed E-state index contributed by atoms with van der Waals surface area (Å²) in [4.78, 5) is 10.9. The van der Waals surface area contributed by atoms with Crippen molar-refractivity contribution in [3.8, 4) is 0 Å². The van der Waals surface area contributed by atoms with E-state index in [0.29, 0.717) is 4.99 Å². The number of nitrogens with two attached hydrogens (primary N) is 1. The van der Waals surface area contributed by atoms with Crippen molar-refractivity contribution in [1.82, 2.24) is 9.97 Å². The zero-order valence-corrected chi connectivity index (χ0v) is 11.8. The zero-order chi connectivity index (χ0) is 13.8. The van der Waals surface area contributed by atoms with E-state index < -0.39 is 0 Å². The van der Waals surface area contributed by atoms with Crippen LogP contribution in [-0.2, 0) is 6.54 Å². The number of thiocarbonyl (C=S) groups is 1. The molecule has 2 aromatic rings. The van der Waals surface area contributed by atoms with Gasteiger partial charge in [0, 0.05) is 31.7 Å². The van der Waals surface area contributed by atoms with Crippen LogP contribution in [0.25, 0.3) is 0 Å². The Morgan fingerprint density at radius 1 is 1.26 bits per heavy atom. The summed E-state index contributed by atoms with van der Waals surface area (Å²) in [6.07, 6.45) is 3.56. The van der Waals surface area contributed by atoms with E-state index in [1.807, 2.05) is 43.1 Å². The van der Waals surface area contributed by atoms with E-state index in [9.17, 15) is 0 Å². The Morgan fingerprint density at radius 3 is 2.58 bits per heavy atom. The summed E-state index contributed by atoms with van der Waals surface area (Å²) >= 11 is 5.08. The van der Waals surface area contributed by atoms with Gasteiger partial charge in [-0.05, 0) is 36.8 Å². The fourth-order valence-corrected chi connectivity index (χ4v) is 2.02. The second-order valence-electron chi connectivity index (χ2n) is 4.40. The van der Waals surface area contributed by atoms with E-state index in [-0.39, 0.29) is 0 Å². The molecule has 0 radical (unpaired) electrons. The van der Waals surface area contributed by atoms with Crippen molar-refractivity contribution in [3.63, 3.8) is 0 Å². The molecule has 2 heterocycles. The third-order valence-corrected chi connectivity index (χ3v) is 3.03. The Labute approximate surface area is 118 Å². The number of aryl methyl sites for hydroxylation is 1. The largest absolute Gasteiger partial charge is 0.389 e. The maximum absolute atomic E-state index is 5.75. The third-order valence-electron chi connectivity index (χ3n) is 2.81. The zero-order valence-electron chi connectivity index (χ0n) is 11.0. The summed E-state index contributed by atoms with van der Waals surface area (Å²) in [7, 11) is 1.98. The van der Waals surface area contributed by atoms with E-state index in [4.69, 9.17) is 18.0 Å². The molecule has 0 saturated heterocycles.